The first kappa shape index (κ1) is 13.2. The summed E-state index contributed by atoms with van der Waals surface area (Å²) in [5.41, 5.74) is 2.43. The minimum absolute atomic E-state index is 0.114. The Morgan fingerprint density at radius 1 is 1.26 bits per heavy atom. The Morgan fingerprint density at radius 3 is 2.91 bits per heavy atom. The van der Waals surface area contributed by atoms with E-state index in [2.05, 4.69) is 36.5 Å². The highest BCUT2D eigenvalue weighted by molar-refractivity contribution is 5.64. The molecule has 4 saturated heterocycles. The first-order valence-corrected chi connectivity index (χ1v) is 9.27. The van der Waals surface area contributed by atoms with Gasteiger partial charge in [0, 0.05) is 30.4 Å². The molecule has 1 aromatic carbocycles. The summed E-state index contributed by atoms with van der Waals surface area (Å²) < 4.78 is 0. The molecule has 10 atom stereocenters. The van der Waals surface area contributed by atoms with Crippen molar-refractivity contribution >= 4 is 5.69 Å². The van der Waals surface area contributed by atoms with Crippen LogP contribution in [0.5, 0.6) is 0 Å². The van der Waals surface area contributed by atoms with Gasteiger partial charge in [-0.05, 0) is 24.0 Å². The van der Waals surface area contributed by atoms with Crippen molar-refractivity contribution in [1.82, 2.24) is 0 Å². The lowest BCUT2D eigenvalue weighted by Gasteiger charge is -2.58. The quantitative estimate of drug-likeness (QED) is 0.595. The van der Waals surface area contributed by atoms with Gasteiger partial charge in [0.25, 0.3) is 0 Å². The van der Waals surface area contributed by atoms with Crippen molar-refractivity contribution in [2.24, 2.45) is 17.8 Å². The van der Waals surface area contributed by atoms with Crippen molar-refractivity contribution in [2.75, 3.05) is 5.32 Å². The Morgan fingerprint density at radius 2 is 2.09 bits per heavy atom. The topological polar surface area (TPSA) is 56.9 Å². The molecule has 5 heterocycles. The highest BCUT2D eigenvalue weighted by atomic mass is 16.3. The molecule has 5 bridgehead atoms. The molecule has 6 aliphatic rings. The van der Waals surface area contributed by atoms with Crippen molar-refractivity contribution in [3.63, 3.8) is 0 Å². The number of hydrogen-bond acceptors (Lipinski definition) is 3. The first-order chi connectivity index (χ1) is 11.2. The van der Waals surface area contributed by atoms with Crippen LogP contribution < -0.4 is 10.2 Å². The number of piperidine rings is 4. The van der Waals surface area contributed by atoms with E-state index in [1.807, 2.05) is 0 Å². The summed E-state index contributed by atoms with van der Waals surface area (Å²) in [7, 11) is 0. The normalized spacial score (nSPS) is 57.3. The van der Waals surface area contributed by atoms with E-state index in [9.17, 15) is 10.2 Å². The number of hydrogen-bond donors (Lipinski definition) is 4. The van der Waals surface area contributed by atoms with Gasteiger partial charge in [-0.1, -0.05) is 25.1 Å². The molecular weight excluding hydrogens is 288 g/mol. The molecule has 7 rings (SSSR count). The lowest BCUT2D eigenvalue weighted by molar-refractivity contribution is -1.02. The number of nitrogens with one attached hydrogen (secondary N) is 2. The van der Waals surface area contributed by atoms with Gasteiger partial charge in [-0.25, -0.2) is 0 Å². The van der Waals surface area contributed by atoms with E-state index in [0.717, 1.165) is 19.3 Å². The van der Waals surface area contributed by atoms with Gasteiger partial charge in [0.05, 0.1) is 23.6 Å². The lowest BCUT2D eigenvalue weighted by Crippen LogP contribution is -3.28. The van der Waals surface area contributed by atoms with Gasteiger partial charge >= 0.3 is 0 Å². The lowest BCUT2D eigenvalue weighted by atomic mass is 9.63. The van der Waals surface area contributed by atoms with Gasteiger partial charge in [0.1, 0.15) is 6.04 Å². The van der Waals surface area contributed by atoms with E-state index < -0.39 is 0 Å². The van der Waals surface area contributed by atoms with Crippen molar-refractivity contribution in [3.05, 3.63) is 29.8 Å². The zero-order valence-corrected chi connectivity index (χ0v) is 13.4. The van der Waals surface area contributed by atoms with Gasteiger partial charge in [-0.3, -0.25) is 0 Å². The predicted molar refractivity (Wildman–Crippen MR) is 86.1 cm³/mol. The Bertz CT molecular complexity index is 694. The van der Waals surface area contributed by atoms with Crippen molar-refractivity contribution in [3.8, 4) is 0 Å². The van der Waals surface area contributed by atoms with Crippen molar-refractivity contribution in [2.45, 2.75) is 62.1 Å². The van der Waals surface area contributed by atoms with Gasteiger partial charge in [0.15, 0.2) is 6.23 Å². The fraction of sp³-hybridized carbons (Fsp3) is 0.684. The molecular formula is C19H25N2O2+. The number of quaternary nitrogens is 1. The number of rotatable bonds is 1. The zero-order valence-electron chi connectivity index (χ0n) is 13.4. The molecule has 1 aromatic rings. The number of fused-ring (bicyclic) bond motifs is 2. The zero-order chi connectivity index (χ0) is 15.5. The van der Waals surface area contributed by atoms with Crippen molar-refractivity contribution < 1.29 is 15.1 Å². The van der Waals surface area contributed by atoms with Crippen LogP contribution in [0.25, 0.3) is 0 Å². The van der Waals surface area contributed by atoms with Gasteiger partial charge in [0.2, 0.25) is 0 Å². The third kappa shape index (κ3) is 1.20. The Kier molecular flexibility index (Phi) is 2.26. The third-order valence-electron chi connectivity index (χ3n) is 8.26. The molecule has 2 unspecified atom stereocenters. The molecule has 4 N–H and O–H groups in total. The Hall–Kier alpha value is -1.10. The standard InChI is InChI=1S/C19H24N2O2/c1-2-9-10-7-13-16-19(11-5-3-4-6-12(11)20-16)8-14(15(10)17(19)22)21(13)18(9)23/h3-6,9-10,13-18,20,22-23H,2,7-8H2,1H3/p+1/t9-,10-,13-,14?,15-,16-,17+,18+,19+/m0/s1. The molecule has 4 heteroatoms. The fourth-order valence-electron chi connectivity index (χ4n) is 7.67. The molecule has 1 saturated carbocycles. The van der Waals surface area contributed by atoms with E-state index in [-0.39, 0.29) is 23.8 Å². The molecule has 1 aliphatic carbocycles. The van der Waals surface area contributed by atoms with E-state index >= 15 is 0 Å². The van der Waals surface area contributed by atoms with Crippen LogP contribution in [0.2, 0.25) is 0 Å². The van der Waals surface area contributed by atoms with Gasteiger partial charge in [-0.15, -0.1) is 0 Å². The van der Waals surface area contributed by atoms with Crippen LogP contribution in [-0.2, 0) is 5.41 Å². The minimum Gasteiger partial charge on any atom is -0.392 e. The van der Waals surface area contributed by atoms with E-state index in [1.54, 1.807) is 0 Å². The maximum absolute atomic E-state index is 11.5. The van der Waals surface area contributed by atoms with Crippen LogP contribution >= 0.6 is 0 Å². The number of benzene rings is 1. The summed E-state index contributed by atoms with van der Waals surface area (Å²) in [6.07, 6.45) is 2.72. The van der Waals surface area contributed by atoms with Crippen LogP contribution in [0.1, 0.15) is 31.7 Å². The van der Waals surface area contributed by atoms with Crippen LogP contribution in [-0.4, -0.2) is 40.7 Å². The molecule has 0 radical (unpaired) electrons. The number of aliphatic hydroxyl groups is 2. The molecule has 0 amide bonds. The number of para-hydroxylation sites is 1. The second-order valence-corrected chi connectivity index (χ2v) is 8.56. The fourth-order valence-corrected chi connectivity index (χ4v) is 7.67. The summed E-state index contributed by atoms with van der Waals surface area (Å²) in [5.74, 6) is 1.23. The van der Waals surface area contributed by atoms with Crippen LogP contribution in [0.3, 0.4) is 0 Å². The third-order valence-corrected chi connectivity index (χ3v) is 8.26. The van der Waals surface area contributed by atoms with Crippen LogP contribution in [0.15, 0.2) is 24.3 Å². The highest BCUT2D eigenvalue weighted by Gasteiger charge is 2.78. The second kappa shape index (κ2) is 3.93. The SMILES string of the molecule is CC[C@H]1[C@@H]2C[C@H]3[C@@H]4Nc5ccccc5[C@]45CC([C@H]2[C@H]5O)[NH+]3[C@@H]1O. The molecule has 4 nitrogen and oxygen atoms in total. The Balaban J connectivity index is 1.57. The smallest absolute Gasteiger partial charge is 0.192 e. The van der Waals surface area contributed by atoms with Gasteiger partial charge < -0.3 is 20.4 Å². The van der Waals surface area contributed by atoms with E-state index in [1.165, 1.54) is 16.2 Å². The largest absolute Gasteiger partial charge is 0.392 e. The molecule has 1 spiro atoms. The Labute approximate surface area is 136 Å². The maximum Gasteiger partial charge on any atom is 0.192 e. The first-order valence-electron chi connectivity index (χ1n) is 9.27. The second-order valence-electron chi connectivity index (χ2n) is 8.56. The summed E-state index contributed by atoms with van der Waals surface area (Å²) in [4.78, 5) is 1.39. The summed E-state index contributed by atoms with van der Waals surface area (Å²) >= 11 is 0. The average Bonchev–Trinajstić information content (AvgIpc) is 3.02. The van der Waals surface area contributed by atoms with Crippen LogP contribution in [0, 0.1) is 17.8 Å². The molecule has 5 fully saturated rings. The highest BCUT2D eigenvalue weighted by Crippen LogP contribution is 2.62. The predicted octanol–water partition coefficient (Wildman–Crippen LogP) is 0.113. The number of aliphatic hydroxyl groups excluding tert-OH is 2. The molecule has 122 valence electrons. The average molecular weight is 313 g/mol. The van der Waals surface area contributed by atoms with Crippen molar-refractivity contribution in [1.29, 1.82) is 0 Å². The van der Waals surface area contributed by atoms with E-state index in [0.29, 0.717) is 29.8 Å². The molecule has 5 aliphatic heterocycles. The maximum atomic E-state index is 11.5. The van der Waals surface area contributed by atoms with E-state index in [4.69, 9.17) is 0 Å². The molecule has 23 heavy (non-hydrogen) atoms. The summed E-state index contributed by atoms with van der Waals surface area (Å²) in [5, 5.41) is 26.2. The minimum atomic E-state index is -0.261. The van der Waals surface area contributed by atoms with Gasteiger partial charge in [-0.2, -0.15) is 0 Å². The number of anilines is 1. The monoisotopic (exact) mass is 313 g/mol. The summed E-state index contributed by atoms with van der Waals surface area (Å²) in [6.45, 7) is 2.20. The van der Waals surface area contributed by atoms with Crippen LogP contribution in [0.4, 0.5) is 5.69 Å². The molecule has 0 aromatic heterocycles. The summed E-state index contributed by atoms with van der Waals surface area (Å²) in [6, 6.07) is 9.73.